The highest BCUT2D eigenvalue weighted by atomic mass is 16.2. The average molecular weight is 300 g/mol. The van der Waals surface area contributed by atoms with Gasteiger partial charge < -0.3 is 15.2 Å². The molecular formula is C15H20N6O. The quantitative estimate of drug-likeness (QED) is 0.812. The van der Waals surface area contributed by atoms with Gasteiger partial charge in [0.2, 0.25) is 5.91 Å². The number of hydrogen-bond acceptors (Lipinski definition) is 5. The second-order valence-corrected chi connectivity index (χ2v) is 5.61. The lowest BCUT2D eigenvalue weighted by molar-refractivity contribution is -0.119. The number of H-pyrrole nitrogens is 1. The van der Waals surface area contributed by atoms with Gasteiger partial charge in [-0.05, 0) is 25.2 Å². The molecule has 2 heterocycles. The Hall–Kier alpha value is -2.44. The summed E-state index contributed by atoms with van der Waals surface area (Å²) in [5, 5.41) is 3.01. The highest BCUT2D eigenvalue weighted by Gasteiger charge is 2.15. The molecule has 0 fully saturated rings. The largest absolute Gasteiger partial charge is 0.354 e. The zero-order valence-electron chi connectivity index (χ0n) is 12.6. The van der Waals surface area contributed by atoms with Crippen molar-refractivity contribution in [2.45, 2.75) is 19.3 Å². The van der Waals surface area contributed by atoms with Gasteiger partial charge in [0.15, 0.2) is 11.5 Å². The number of nitrogens with one attached hydrogen (secondary N) is 2. The molecule has 1 aliphatic carbocycles. The smallest absolute Gasteiger partial charge is 0.239 e. The zero-order chi connectivity index (χ0) is 15.4. The van der Waals surface area contributed by atoms with Crippen molar-refractivity contribution in [2.24, 2.45) is 5.92 Å². The van der Waals surface area contributed by atoms with Gasteiger partial charge >= 0.3 is 0 Å². The third kappa shape index (κ3) is 3.24. The molecule has 0 saturated heterocycles. The molecule has 1 aliphatic rings. The fourth-order valence-electron chi connectivity index (χ4n) is 2.69. The highest BCUT2D eigenvalue weighted by Crippen LogP contribution is 2.18. The van der Waals surface area contributed by atoms with Crippen LogP contribution in [0.5, 0.6) is 0 Å². The maximum absolute atomic E-state index is 12.1. The molecule has 3 rings (SSSR count). The number of allylic oxidation sites excluding steroid dienone is 2. The van der Waals surface area contributed by atoms with E-state index in [0.717, 1.165) is 31.3 Å². The third-order valence-corrected chi connectivity index (χ3v) is 3.91. The summed E-state index contributed by atoms with van der Waals surface area (Å²) in [5.41, 5.74) is 1.35. The Labute approximate surface area is 128 Å². The second kappa shape index (κ2) is 6.55. The van der Waals surface area contributed by atoms with E-state index in [1.807, 2.05) is 7.05 Å². The van der Waals surface area contributed by atoms with Crippen LogP contribution in [0, 0.1) is 5.92 Å². The van der Waals surface area contributed by atoms with E-state index in [1.165, 1.54) is 6.33 Å². The molecule has 2 aromatic rings. The molecule has 0 saturated carbocycles. The van der Waals surface area contributed by atoms with Crippen LogP contribution >= 0.6 is 0 Å². The summed E-state index contributed by atoms with van der Waals surface area (Å²) in [7, 11) is 1.84. The van der Waals surface area contributed by atoms with E-state index in [4.69, 9.17) is 0 Å². The van der Waals surface area contributed by atoms with Crippen LogP contribution in [0.1, 0.15) is 19.3 Å². The zero-order valence-corrected chi connectivity index (χ0v) is 12.6. The maximum Gasteiger partial charge on any atom is 0.239 e. The fourth-order valence-corrected chi connectivity index (χ4v) is 2.69. The highest BCUT2D eigenvalue weighted by molar-refractivity contribution is 5.86. The molecule has 116 valence electrons. The Morgan fingerprint density at radius 2 is 2.32 bits per heavy atom. The molecule has 1 atom stereocenters. The summed E-state index contributed by atoms with van der Waals surface area (Å²) in [5.74, 6) is 1.24. The first-order valence-electron chi connectivity index (χ1n) is 7.51. The number of carbonyl (C=O) groups is 1. The molecule has 0 spiro atoms. The van der Waals surface area contributed by atoms with E-state index < -0.39 is 0 Å². The lowest BCUT2D eigenvalue weighted by Gasteiger charge is -2.21. The minimum absolute atomic E-state index is 0.00308. The Kier molecular flexibility index (Phi) is 4.32. The molecule has 22 heavy (non-hydrogen) atoms. The number of amides is 1. The molecule has 7 heteroatoms. The fraction of sp³-hybridized carbons (Fsp3) is 0.467. The van der Waals surface area contributed by atoms with Gasteiger partial charge in [0.25, 0.3) is 0 Å². The van der Waals surface area contributed by atoms with Gasteiger partial charge in [0.1, 0.15) is 11.8 Å². The van der Waals surface area contributed by atoms with Crippen LogP contribution in [0.4, 0.5) is 5.82 Å². The Morgan fingerprint density at radius 3 is 3.14 bits per heavy atom. The first kappa shape index (κ1) is 14.5. The van der Waals surface area contributed by atoms with E-state index in [0.29, 0.717) is 17.4 Å². The van der Waals surface area contributed by atoms with Gasteiger partial charge in [-0.3, -0.25) is 4.79 Å². The predicted molar refractivity (Wildman–Crippen MR) is 84.4 cm³/mol. The van der Waals surface area contributed by atoms with Crippen LogP contribution in [0.25, 0.3) is 11.2 Å². The van der Waals surface area contributed by atoms with Crippen molar-refractivity contribution in [3.8, 4) is 0 Å². The molecule has 0 bridgehead atoms. The number of hydrogen-bond donors (Lipinski definition) is 2. The third-order valence-electron chi connectivity index (χ3n) is 3.91. The van der Waals surface area contributed by atoms with E-state index in [9.17, 15) is 4.79 Å². The van der Waals surface area contributed by atoms with E-state index in [-0.39, 0.29) is 12.5 Å². The number of anilines is 1. The van der Waals surface area contributed by atoms with Crippen LogP contribution in [-0.4, -0.2) is 46.0 Å². The Bertz CT molecular complexity index is 679. The standard InChI is InChI=1S/C15H20N6O/c1-21(15-13-14(18-9-17-13)19-10-20-15)8-12(22)16-7-11-5-3-2-4-6-11/h2-3,9-11H,4-8H2,1H3,(H,16,22)(H,17,18,19,20)/t11-/m1/s1. The second-order valence-electron chi connectivity index (χ2n) is 5.61. The van der Waals surface area contributed by atoms with Gasteiger partial charge in [-0.15, -0.1) is 0 Å². The summed E-state index contributed by atoms with van der Waals surface area (Å²) in [6.45, 7) is 0.994. The SMILES string of the molecule is CN(CC(=O)NC[C@@H]1CC=CCC1)c1ncnc2nc[nH]c12. The number of aromatic nitrogens is 4. The van der Waals surface area contributed by atoms with Crippen LogP contribution in [0.15, 0.2) is 24.8 Å². The van der Waals surface area contributed by atoms with Crippen molar-refractivity contribution in [2.75, 3.05) is 25.0 Å². The molecule has 0 aliphatic heterocycles. The lowest BCUT2D eigenvalue weighted by atomic mass is 9.94. The summed E-state index contributed by atoms with van der Waals surface area (Å²) >= 11 is 0. The number of imidazole rings is 1. The number of carbonyl (C=O) groups excluding carboxylic acids is 1. The topological polar surface area (TPSA) is 86.8 Å². The molecule has 1 amide bonds. The van der Waals surface area contributed by atoms with Gasteiger partial charge in [-0.1, -0.05) is 12.2 Å². The van der Waals surface area contributed by atoms with Crippen molar-refractivity contribution in [3.05, 3.63) is 24.8 Å². The summed E-state index contributed by atoms with van der Waals surface area (Å²) in [4.78, 5) is 29.3. The van der Waals surface area contributed by atoms with Crippen molar-refractivity contribution in [1.82, 2.24) is 25.3 Å². The Balaban J connectivity index is 1.56. The van der Waals surface area contributed by atoms with Crippen LogP contribution in [0.2, 0.25) is 0 Å². The number of likely N-dealkylation sites (N-methyl/N-ethyl adjacent to an activating group) is 1. The normalized spacial score (nSPS) is 17.6. The number of aromatic amines is 1. The first-order chi connectivity index (χ1) is 10.7. The lowest BCUT2D eigenvalue weighted by Crippen LogP contribution is -2.38. The molecule has 0 radical (unpaired) electrons. The van der Waals surface area contributed by atoms with Crippen molar-refractivity contribution >= 4 is 22.9 Å². The van der Waals surface area contributed by atoms with Crippen LogP contribution < -0.4 is 10.2 Å². The maximum atomic E-state index is 12.1. The van der Waals surface area contributed by atoms with Crippen molar-refractivity contribution in [1.29, 1.82) is 0 Å². The molecular weight excluding hydrogens is 280 g/mol. The summed E-state index contributed by atoms with van der Waals surface area (Å²) < 4.78 is 0. The number of nitrogens with zero attached hydrogens (tertiary/aromatic N) is 4. The molecule has 7 nitrogen and oxygen atoms in total. The van der Waals surface area contributed by atoms with Crippen molar-refractivity contribution < 1.29 is 4.79 Å². The van der Waals surface area contributed by atoms with E-state index in [2.05, 4.69) is 37.4 Å². The summed E-state index contributed by atoms with van der Waals surface area (Å²) in [6, 6.07) is 0. The van der Waals surface area contributed by atoms with Gasteiger partial charge in [0, 0.05) is 13.6 Å². The van der Waals surface area contributed by atoms with Crippen molar-refractivity contribution in [3.63, 3.8) is 0 Å². The minimum Gasteiger partial charge on any atom is -0.354 e. The van der Waals surface area contributed by atoms with E-state index in [1.54, 1.807) is 11.2 Å². The van der Waals surface area contributed by atoms with Gasteiger partial charge in [-0.2, -0.15) is 0 Å². The minimum atomic E-state index is 0.00308. The van der Waals surface area contributed by atoms with E-state index >= 15 is 0 Å². The Morgan fingerprint density at radius 1 is 1.41 bits per heavy atom. The summed E-state index contributed by atoms with van der Waals surface area (Å²) in [6.07, 6.45) is 10.7. The number of fused-ring (bicyclic) bond motifs is 1. The molecule has 2 aromatic heterocycles. The van der Waals surface area contributed by atoms with Gasteiger partial charge in [0.05, 0.1) is 12.9 Å². The van der Waals surface area contributed by atoms with Crippen LogP contribution in [-0.2, 0) is 4.79 Å². The van der Waals surface area contributed by atoms with Gasteiger partial charge in [-0.25, -0.2) is 15.0 Å². The van der Waals surface area contributed by atoms with Crippen LogP contribution in [0.3, 0.4) is 0 Å². The predicted octanol–water partition coefficient (Wildman–Crippen LogP) is 1.26. The molecule has 0 unspecified atom stereocenters. The average Bonchev–Trinajstić information content (AvgIpc) is 3.02. The first-order valence-corrected chi connectivity index (χ1v) is 7.51. The molecule has 0 aromatic carbocycles. The molecule has 2 N–H and O–H groups in total. The number of rotatable bonds is 5. The monoisotopic (exact) mass is 300 g/mol.